The quantitative estimate of drug-likeness (QED) is 0.142. The van der Waals surface area contributed by atoms with Crippen LogP contribution < -0.4 is 20.7 Å². The van der Waals surface area contributed by atoms with E-state index in [1.807, 2.05) is 0 Å². The number of benzene rings is 1. The Morgan fingerprint density at radius 1 is 1.13 bits per heavy atom. The predicted molar refractivity (Wildman–Crippen MR) is 144 cm³/mol. The lowest BCUT2D eigenvalue weighted by atomic mass is 9.99. The van der Waals surface area contributed by atoms with E-state index in [9.17, 15) is 19.2 Å². The minimum Gasteiger partial charge on any atom is -0.493 e. The minimum absolute atomic E-state index is 0.00645. The molecule has 1 unspecified atom stereocenters. The van der Waals surface area contributed by atoms with Gasteiger partial charge in [-0.1, -0.05) is 43.9 Å². The Bertz CT molecular complexity index is 1380. The molecule has 0 bridgehead atoms. The minimum atomic E-state index is -0.600. The van der Waals surface area contributed by atoms with Crippen LogP contribution >= 0.6 is 11.6 Å². The highest BCUT2D eigenvalue weighted by Gasteiger charge is 2.19. The number of unbranched alkanes of at least 4 members (excludes halogenated alkanes) is 2. The zero-order valence-electron chi connectivity index (χ0n) is 21.8. The smallest absolute Gasteiger partial charge is 0.345 e. The molecule has 3 rings (SSSR count). The van der Waals surface area contributed by atoms with Gasteiger partial charge in [0.05, 0.1) is 12.7 Å². The van der Waals surface area contributed by atoms with Crippen molar-refractivity contribution in [1.82, 2.24) is 14.5 Å². The van der Waals surface area contributed by atoms with Crippen LogP contribution in [0.2, 0.25) is 5.15 Å². The van der Waals surface area contributed by atoms with Crippen LogP contribution in [0.15, 0.2) is 52.3 Å². The third kappa shape index (κ3) is 7.89. The molecule has 38 heavy (non-hydrogen) atoms. The number of Topliss-reactive ketones (excluding diaryl/α,β-unsaturated/α-hetero) is 1. The number of nitrogens with one attached hydrogen (secondary N) is 1. The number of H-pyrrole nitrogens is 1. The van der Waals surface area contributed by atoms with Gasteiger partial charge in [-0.2, -0.15) is 0 Å². The number of ether oxygens (including phenoxy) is 2. The molecule has 0 aliphatic rings. The van der Waals surface area contributed by atoms with Gasteiger partial charge in [-0.25, -0.2) is 14.6 Å². The summed E-state index contributed by atoms with van der Waals surface area (Å²) in [5, 5.41) is 0.270. The Kier molecular flexibility index (Phi) is 10.4. The molecule has 9 nitrogen and oxygen atoms in total. The molecule has 0 spiro atoms. The van der Waals surface area contributed by atoms with E-state index in [0.29, 0.717) is 24.2 Å². The van der Waals surface area contributed by atoms with Gasteiger partial charge >= 0.3 is 11.7 Å². The van der Waals surface area contributed by atoms with Gasteiger partial charge in [0, 0.05) is 36.8 Å². The van der Waals surface area contributed by atoms with Gasteiger partial charge in [-0.3, -0.25) is 19.1 Å². The van der Waals surface area contributed by atoms with Gasteiger partial charge in [-0.05, 0) is 49.6 Å². The molecule has 0 radical (unpaired) electrons. The summed E-state index contributed by atoms with van der Waals surface area (Å²) in [6.45, 7) is 3.73. The van der Waals surface area contributed by atoms with Crippen molar-refractivity contribution in [3.05, 3.63) is 85.4 Å². The molecule has 3 aromatic rings. The van der Waals surface area contributed by atoms with Crippen LogP contribution in [-0.2, 0) is 11.2 Å². The average Bonchev–Trinajstić information content (AvgIpc) is 2.90. The van der Waals surface area contributed by atoms with E-state index >= 15 is 0 Å². The number of aryl methyl sites for hydroxylation is 2. The number of ketones is 1. The number of carbonyl (C=O) groups excluding carboxylic acids is 2. The number of nitrogens with zero attached hydrogens (tertiary/aromatic N) is 2. The van der Waals surface area contributed by atoms with E-state index < -0.39 is 17.2 Å². The standard InChI is InChI=1S/C28H32ClN3O6/c1-4-5-6-7-21(32-17-18(2)26(34)31-28(32)36)15-22(33)11-8-19-9-12-23(24(14-19)37-3)38-27(35)20-10-13-25(29)30-16-20/h9-10,12-14,16-17,21H,4-8,11,15H2,1-3H3,(H,31,34,36). The van der Waals surface area contributed by atoms with E-state index in [4.69, 9.17) is 21.1 Å². The first-order valence-electron chi connectivity index (χ1n) is 12.6. The van der Waals surface area contributed by atoms with E-state index in [1.165, 1.54) is 36.2 Å². The molecule has 0 fully saturated rings. The first-order valence-corrected chi connectivity index (χ1v) is 12.9. The van der Waals surface area contributed by atoms with Crippen molar-refractivity contribution in [2.45, 2.75) is 64.8 Å². The van der Waals surface area contributed by atoms with Crippen molar-refractivity contribution in [3.8, 4) is 11.5 Å². The van der Waals surface area contributed by atoms with Gasteiger partial charge in [0.2, 0.25) is 0 Å². The normalized spacial score (nSPS) is 11.7. The van der Waals surface area contributed by atoms with Crippen molar-refractivity contribution in [1.29, 1.82) is 0 Å². The summed E-state index contributed by atoms with van der Waals surface area (Å²) in [5.41, 5.74) is 0.592. The van der Waals surface area contributed by atoms with Gasteiger partial charge in [0.1, 0.15) is 10.9 Å². The Balaban J connectivity index is 1.66. The molecule has 2 heterocycles. The van der Waals surface area contributed by atoms with Crippen molar-refractivity contribution < 1.29 is 19.1 Å². The third-order valence-corrected chi connectivity index (χ3v) is 6.45. The molecule has 1 atom stereocenters. The third-order valence-electron chi connectivity index (χ3n) is 6.23. The number of hydrogen-bond donors (Lipinski definition) is 1. The number of rotatable bonds is 13. The largest absolute Gasteiger partial charge is 0.493 e. The summed E-state index contributed by atoms with van der Waals surface area (Å²) >= 11 is 5.76. The first kappa shape index (κ1) is 28.8. The molecule has 0 aliphatic carbocycles. The summed E-state index contributed by atoms with van der Waals surface area (Å²) < 4.78 is 12.3. The fourth-order valence-electron chi connectivity index (χ4n) is 4.08. The monoisotopic (exact) mass is 541 g/mol. The van der Waals surface area contributed by atoms with Crippen LogP contribution in [0, 0.1) is 6.92 Å². The molecule has 0 saturated carbocycles. The summed E-state index contributed by atoms with van der Waals surface area (Å²) in [7, 11) is 1.47. The van der Waals surface area contributed by atoms with E-state index in [0.717, 1.165) is 24.8 Å². The highest BCUT2D eigenvalue weighted by molar-refractivity contribution is 6.29. The van der Waals surface area contributed by atoms with Crippen molar-refractivity contribution in [2.75, 3.05) is 7.11 Å². The van der Waals surface area contributed by atoms with Gasteiger partial charge < -0.3 is 9.47 Å². The van der Waals surface area contributed by atoms with Gasteiger partial charge in [0.15, 0.2) is 11.5 Å². The fraction of sp³-hybridized carbons (Fsp3) is 0.393. The molecule has 202 valence electrons. The van der Waals surface area contributed by atoms with E-state index in [1.54, 1.807) is 25.1 Å². The summed E-state index contributed by atoms with van der Waals surface area (Å²) in [5.74, 6) is 0.00784. The number of hydrogen-bond acceptors (Lipinski definition) is 7. The van der Waals surface area contributed by atoms with Crippen molar-refractivity contribution >= 4 is 23.4 Å². The van der Waals surface area contributed by atoms with Crippen LogP contribution in [-0.4, -0.2) is 33.4 Å². The van der Waals surface area contributed by atoms with Crippen LogP contribution in [0.3, 0.4) is 0 Å². The number of aromatic nitrogens is 3. The molecule has 1 N–H and O–H groups in total. The average molecular weight is 542 g/mol. The number of pyridine rings is 1. The number of carbonyl (C=O) groups is 2. The second-order valence-corrected chi connectivity index (χ2v) is 9.50. The lowest BCUT2D eigenvalue weighted by molar-refractivity contribution is -0.119. The maximum atomic E-state index is 12.9. The zero-order chi connectivity index (χ0) is 27.7. The zero-order valence-corrected chi connectivity index (χ0v) is 22.5. The summed E-state index contributed by atoms with van der Waals surface area (Å²) in [6, 6.07) is 7.81. The maximum Gasteiger partial charge on any atom is 0.345 e. The Hall–Kier alpha value is -3.72. The second kappa shape index (κ2) is 13.7. The number of halogens is 1. The molecule has 10 heteroatoms. The van der Waals surface area contributed by atoms with Gasteiger partial charge in [0.25, 0.3) is 5.56 Å². The second-order valence-electron chi connectivity index (χ2n) is 9.12. The van der Waals surface area contributed by atoms with Crippen LogP contribution in [0.1, 0.15) is 73.0 Å². The molecule has 1 aromatic carbocycles. The highest BCUT2D eigenvalue weighted by Crippen LogP contribution is 2.30. The number of aromatic amines is 1. The lowest BCUT2D eigenvalue weighted by Gasteiger charge is -2.19. The molecule has 0 amide bonds. The number of esters is 1. The van der Waals surface area contributed by atoms with Gasteiger partial charge in [-0.15, -0.1) is 0 Å². The predicted octanol–water partition coefficient (Wildman–Crippen LogP) is 4.83. The molecule has 2 aromatic heterocycles. The van der Waals surface area contributed by atoms with Crippen LogP contribution in [0.4, 0.5) is 0 Å². The van der Waals surface area contributed by atoms with Crippen LogP contribution in [0.25, 0.3) is 0 Å². The Morgan fingerprint density at radius 2 is 1.92 bits per heavy atom. The topological polar surface area (TPSA) is 120 Å². The van der Waals surface area contributed by atoms with Crippen molar-refractivity contribution in [3.63, 3.8) is 0 Å². The first-order chi connectivity index (χ1) is 18.2. The Morgan fingerprint density at radius 3 is 2.61 bits per heavy atom. The highest BCUT2D eigenvalue weighted by atomic mass is 35.5. The molecular weight excluding hydrogens is 510 g/mol. The molecular formula is C28H32ClN3O6. The molecule has 0 saturated heterocycles. The SMILES string of the molecule is CCCCCC(CC(=O)CCc1ccc(OC(=O)c2ccc(Cl)nc2)c(OC)c1)n1cc(C)c(=O)[nH]c1=O. The summed E-state index contributed by atoms with van der Waals surface area (Å²) in [6.07, 6.45) is 7.33. The number of methoxy groups -OCH3 is 1. The maximum absolute atomic E-state index is 12.9. The molecule has 0 aliphatic heterocycles. The van der Waals surface area contributed by atoms with E-state index in [-0.39, 0.29) is 41.1 Å². The lowest BCUT2D eigenvalue weighted by Crippen LogP contribution is -2.34. The van der Waals surface area contributed by atoms with E-state index in [2.05, 4.69) is 16.9 Å². The fourth-order valence-corrected chi connectivity index (χ4v) is 4.19. The van der Waals surface area contributed by atoms with Crippen LogP contribution in [0.5, 0.6) is 11.5 Å². The Labute approximate surface area is 225 Å². The summed E-state index contributed by atoms with van der Waals surface area (Å²) in [4.78, 5) is 55.8. The van der Waals surface area contributed by atoms with Crippen molar-refractivity contribution in [2.24, 2.45) is 0 Å².